The number of likely N-dealkylation sites (tertiary alicyclic amines) is 1. The number of benzene rings is 1. The fourth-order valence-electron chi connectivity index (χ4n) is 3.94. The number of imidazole rings is 1. The maximum atomic E-state index is 12.9. The van der Waals surface area contributed by atoms with Gasteiger partial charge in [0.2, 0.25) is 15.0 Å². The van der Waals surface area contributed by atoms with E-state index in [1.165, 1.54) is 13.5 Å². The molecule has 0 spiro atoms. The van der Waals surface area contributed by atoms with Crippen molar-refractivity contribution in [3.8, 4) is 0 Å². The quantitative estimate of drug-likeness (QED) is 0.632. The molecule has 8 heteroatoms. The minimum absolute atomic E-state index is 0.0917. The zero-order chi connectivity index (χ0) is 20.7. The molecule has 2 heterocycles. The van der Waals surface area contributed by atoms with Crippen molar-refractivity contribution in [2.75, 3.05) is 32.6 Å². The maximum Gasteiger partial charge on any atom is 0.228 e. The first-order valence-electron chi connectivity index (χ1n) is 10.2. The summed E-state index contributed by atoms with van der Waals surface area (Å²) in [7, 11) is -2.05. The summed E-state index contributed by atoms with van der Waals surface area (Å²) in [6.45, 7) is 2.34. The van der Waals surface area contributed by atoms with Gasteiger partial charge in [0.05, 0.1) is 30.8 Å². The molecule has 1 aliphatic heterocycles. The van der Waals surface area contributed by atoms with Gasteiger partial charge in [0.1, 0.15) is 0 Å². The van der Waals surface area contributed by atoms with Crippen molar-refractivity contribution in [1.29, 1.82) is 0 Å². The number of aliphatic hydroxyl groups is 1. The lowest BCUT2D eigenvalue weighted by molar-refractivity contribution is 0.110. The van der Waals surface area contributed by atoms with E-state index in [1.807, 2.05) is 34.9 Å². The average Bonchev–Trinajstić information content (AvgIpc) is 3.12. The third kappa shape index (κ3) is 5.66. The number of nitrogens with zero attached hydrogens (tertiary/aromatic N) is 3. The summed E-state index contributed by atoms with van der Waals surface area (Å²) in [5.74, 6) is -0.0917. The molecular formula is C21H31N3O4S. The van der Waals surface area contributed by atoms with Gasteiger partial charge in [-0.05, 0) is 31.4 Å². The minimum Gasteiger partial charge on any atom is -0.396 e. The van der Waals surface area contributed by atoms with Crippen LogP contribution in [0.25, 0.3) is 0 Å². The second-order valence-corrected chi connectivity index (χ2v) is 9.55. The molecule has 7 nitrogen and oxygen atoms in total. The standard InChI is InChI=1S/C21H31N3O4S/c1-28-13-14-29(26,27)21-22-15-20(24(21)16-18-7-3-2-4-8-18)17-23-11-6-5-9-19(23)10-12-25/h2-4,7-8,15,19,25H,5-6,9-14,16-17H2,1H3/t19-/m1/s1. The highest BCUT2D eigenvalue weighted by atomic mass is 32.2. The molecule has 1 fully saturated rings. The van der Waals surface area contributed by atoms with Gasteiger partial charge in [0.15, 0.2) is 0 Å². The van der Waals surface area contributed by atoms with Crippen LogP contribution >= 0.6 is 0 Å². The Morgan fingerprint density at radius 1 is 1.21 bits per heavy atom. The van der Waals surface area contributed by atoms with Gasteiger partial charge < -0.3 is 14.4 Å². The number of piperidine rings is 1. The lowest BCUT2D eigenvalue weighted by Gasteiger charge is -2.35. The molecular weight excluding hydrogens is 390 g/mol. The number of ether oxygens (including phenoxy) is 1. The molecule has 1 aromatic heterocycles. The molecule has 0 radical (unpaired) electrons. The normalized spacial score (nSPS) is 18.2. The van der Waals surface area contributed by atoms with Crippen molar-refractivity contribution in [2.24, 2.45) is 0 Å². The number of hydrogen-bond acceptors (Lipinski definition) is 6. The second kappa shape index (κ2) is 10.3. The van der Waals surface area contributed by atoms with Crippen molar-refractivity contribution in [1.82, 2.24) is 14.5 Å². The molecule has 1 atom stereocenters. The molecule has 160 valence electrons. The SMILES string of the molecule is COCCS(=O)(=O)c1ncc(CN2CCCC[C@@H]2CCO)n1Cc1ccccc1. The number of hydrogen-bond donors (Lipinski definition) is 1. The van der Waals surface area contributed by atoms with Gasteiger partial charge in [0, 0.05) is 26.3 Å². The van der Waals surface area contributed by atoms with Crippen LogP contribution in [-0.2, 0) is 27.7 Å². The van der Waals surface area contributed by atoms with E-state index in [-0.39, 0.29) is 24.1 Å². The Kier molecular flexibility index (Phi) is 7.83. The Labute approximate surface area is 173 Å². The van der Waals surface area contributed by atoms with Gasteiger partial charge >= 0.3 is 0 Å². The van der Waals surface area contributed by atoms with Crippen molar-refractivity contribution in [2.45, 2.75) is 50.0 Å². The van der Waals surface area contributed by atoms with Gasteiger partial charge in [-0.1, -0.05) is 36.8 Å². The molecule has 0 unspecified atom stereocenters. The number of aliphatic hydroxyl groups excluding tert-OH is 1. The topological polar surface area (TPSA) is 84.7 Å². The van der Waals surface area contributed by atoms with Crippen molar-refractivity contribution < 1.29 is 18.3 Å². The summed E-state index contributed by atoms with van der Waals surface area (Å²) in [5, 5.41) is 9.51. The molecule has 3 rings (SSSR count). The highest BCUT2D eigenvalue weighted by molar-refractivity contribution is 7.91. The van der Waals surface area contributed by atoms with Gasteiger partial charge in [-0.25, -0.2) is 13.4 Å². The first kappa shape index (κ1) is 22.0. The van der Waals surface area contributed by atoms with E-state index >= 15 is 0 Å². The zero-order valence-corrected chi connectivity index (χ0v) is 17.9. The van der Waals surface area contributed by atoms with Crippen LogP contribution in [0.4, 0.5) is 0 Å². The van der Waals surface area contributed by atoms with Crippen LogP contribution in [0.2, 0.25) is 0 Å². The maximum absolute atomic E-state index is 12.9. The van der Waals surface area contributed by atoms with E-state index in [0.717, 1.165) is 37.1 Å². The Balaban J connectivity index is 1.91. The number of sulfone groups is 1. The number of methoxy groups -OCH3 is 1. The Bertz CT molecular complexity index is 865. The fourth-order valence-corrected chi connectivity index (χ4v) is 5.24. The van der Waals surface area contributed by atoms with E-state index in [1.54, 1.807) is 6.20 Å². The van der Waals surface area contributed by atoms with Crippen LogP contribution in [0.15, 0.2) is 41.7 Å². The average molecular weight is 422 g/mol. The predicted octanol–water partition coefficient (Wildman–Crippen LogP) is 2.09. The lowest BCUT2D eigenvalue weighted by atomic mass is 9.99. The van der Waals surface area contributed by atoms with E-state index in [2.05, 4.69) is 9.88 Å². The molecule has 1 aromatic carbocycles. The van der Waals surface area contributed by atoms with Crippen LogP contribution in [-0.4, -0.2) is 66.6 Å². The third-order valence-corrected chi connectivity index (χ3v) is 7.08. The van der Waals surface area contributed by atoms with E-state index in [9.17, 15) is 13.5 Å². The smallest absolute Gasteiger partial charge is 0.228 e. The monoisotopic (exact) mass is 421 g/mol. The fraction of sp³-hybridized carbons (Fsp3) is 0.571. The van der Waals surface area contributed by atoms with Crippen LogP contribution < -0.4 is 0 Å². The molecule has 0 saturated carbocycles. The predicted molar refractivity (Wildman–Crippen MR) is 111 cm³/mol. The van der Waals surface area contributed by atoms with Gasteiger partial charge in [-0.2, -0.15) is 0 Å². The Morgan fingerprint density at radius 2 is 2.00 bits per heavy atom. The summed E-state index contributed by atoms with van der Waals surface area (Å²) in [4.78, 5) is 6.67. The first-order chi connectivity index (χ1) is 14.0. The van der Waals surface area contributed by atoms with Crippen molar-refractivity contribution in [3.63, 3.8) is 0 Å². The molecule has 0 amide bonds. The highest BCUT2D eigenvalue weighted by Gasteiger charge is 2.27. The third-order valence-electron chi connectivity index (χ3n) is 5.50. The highest BCUT2D eigenvalue weighted by Crippen LogP contribution is 2.24. The van der Waals surface area contributed by atoms with Gasteiger partial charge in [-0.3, -0.25) is 4.90 Å². The van der Waals surface area contributed by atoms with E-state index in [4.69, 9.17) is 4.74 Å². The largest absolute Gasteiger partial charge is 0.396 e. The number of aromatic nitrogens is 2. The molecule has 29 heavy (non-hydrogen) atoms. The summed E-state index contributed by atoms with van der Waals surface area (Å²) < 4.78 is 32.5. The zero-order valence-electron chi connectivity index (χ0n) is 17.0. The van der Waals surface area contributed by atoms with Gasteiger partial charge in [-0.15, -0.1) is 0 Å². The summed E-state index contributed by atoms with van der Waals surface area (Å²) in [5.41, 5.74) is 1.91. The molecule has 1 N–H and O–H groups in total. The molecule has 1 aliphatic rings. The van der Waals surface area contributed by atoms with Crippen molar-refractivity contribution in [3.05, 3.63) is 47.8 Å². The summed E-state index contributed by atoms with van der Waals surface area (Å²) in [6, 6.07) is 10.2. The first-order valence-corrected chi connectivity index (χ1v) is 11.9. The Morgan fingerprint density at radius 3 is 2.72 bits per heavy atom. The summed E-state index contributed by atoms with van der Waals surface area (Å²) in [6.07, 6.45) is 5.78. The van der Waals surface area contributed by atoms with Crippen molar-refractivity contribution >= 4 is 9.84 Å². The molecule has 2 aromatic rings. The second-order valence-electron chi connectivity index (χ2n) is 7.55. The Hall–Kier alpha value is -1.74. The number of rotatable bonds is 10. The molecule has 1 saturated heterocycles. The van der Waals surface area contributed by atoms with Crippen LogP contribution in [0.3, 0.4) is 0 Å². The van der Waals surface area contributed by atoms with Crippen LogP contribution in [0.5, 0.6) is 0 Å². The molecule has 0 bridgehead atoms. The molecule has 0 aliphatic carbocycles. The minimum atomic E-state index is -3.55. The van der Waals surface area contributed by atoms with E-state index < -0.39 is 9.84 Å². The van der Waals surface area contributed by atoms with Crippen LogP contribution in [0.1, 0.15) is 36.9 Å². The van der Waals surface area contributed by atoms with E-state index in [0.29, 0.717) is 19.1 Å². The van der Waals surface area contributed by atoms with Gasteiger partial charge in [0.25, 0.3) is 0 Å². The van der Waals surface area contributed by atoms with Crippen LogP contribution in [0, 0.1) is 0 Å². The summed E-state index contributed by atoms with van der Waals surface area (Å²) >= 11 is 0. The lowest BCUT2D eigenvalue weighted by Crippen LogP contribution is -2.40.